The Kier molecular flexibility index (Phi) is 6.10. The van der Waals surface area contributed by atoms with Crippen molar-refractivity contribution in [1.82, 2.24) is 9.88 Å². The minimum absolute atomic E-state index is 0.0927. The Morgan fingerprint density at radius 2 is 2.08 bits per heavy atom. The van der Waals surface area contributed by atoms with Crippen LogP contribution in [0.5, 0.6) is 0 Å². The van der Waals surface area contributed by atoms with Gasteiger partial charge in [0.2, 0.25) is 0 Å². The van der Waals surface area contributed by atoms with E-state index in [1.165, 1.54) is 17.5 Å². The third kappa shape index (κ3) is 3.83. The summed E-state index contributed by atoms with van der Waals surface area (Å²) >= 11 is 1.17. The predicted molar refractivity (Wildman–Crippen MR) is 85.7 cm³/mol. The molecule has 5 N–H and O–H groups in total. The van der Waals surface area contributed by atoms with Crippen molar-refractivity contribution >= 4 is 28.8 Å². The normalized spacial score (nSPS) is 25.7. The number of carbonyl (C=O) groups is 2. The number of aliphatic hydroxyl groups is 2. The Labute approximate surface area is 142 Å². The highest BCUT2D eigenvalue weighted by molar-refractivity contribution is 7.17. The van der Waals surface area contributed by atoms with Crippen LogP contribution in [0.25, 0.3) is 0 Å². The third-order valence-electron chi connectivity index (χ3n) is 4.34. The van der Waals surface area contributed by atoms with Crippen LogP contribution in [0.15, 0.2) is 6.20 Å². The molecule has 3 rings (SSSR count). The monoisotopic (exact) mass is 359 g/mol. The van der Waals surface area contributed by atoms with E-state index in [0.29, 0.717) is 49.0 Å². The fourth-order valence-electron chi connectivity index (χ4n) is 3.05. The fraction of sp³-hybridized carbons (Fsp3) is 0.643. The van der Waals surface area contributed by atoms with Crippen molar-refractivity contribution in [1.29, 1.82) is 0 Å². The van der Waals surface area contributed by atoms with Gasteiger partial charge in [0.25, 0.3) is 12.4 Å². The molecule has 0 saturated carbocycles. The summed E-state index contributed by atoms with van der Waals surface area (Å²) in [5.41, 5.74) is 4.83. The second-order valence-corrected chi connectivity index (χ2v) is 6.74. The lowest BCUT2D eigenvalue weighted by Gasteiger charge is -2.48. The van der Waals surface area contributed by atoms with Crippen LogP contribution in [0.4, 0.5) is 5.13 Å². The topological polar surface area (TPSA) is 146 Å². The molecule has 24 heavy (non-hydrogen) atoms. The zero-order chi connectivity index (χ0) is 17.7. The lowest BCUT2D eigenvalue weighted by Crippen LogP contribution is -2.60. The molecule has 2 saturated heterocycles. The number of anilines is 1. The lowest BCUT2D eigenvalue weighted by atomic mass is 9.80. The van der Waals surface area contributed by atoms with Gasteiger partial charge in [-0.3, -0.25) is 9.59 Å². The van der Waals surface area contributed by atoms with Crippen molar-refractivity contribution in [3.63, 3.8) is 0 Å². The summed E-state index contributed by atoms with van der Waals surface area (Å²) in [5, 5.41) is 27.3. The van der Waals surface area contributed by atoms with Crippen LogP contribution in [-0.2, 0) is 9.53 Å². The number of hydrogen-bond donors (Lipinski definition) is 4. The summed E-state index contributed by atoms with van der Waals surface area (Å²) in [4.78, 5) is 26.8. The zero-order valence-electron chi connectivity index (χ0n) is 13.0. The first-order chi connectivity index (χ1) is 11.4. The van der Waals surface area contributed by atoms with E-state index >= 15 is 0 Å². The maximum absolute atomic E-state index is 12.3. The molecular weight excluding hydrogens is 338 g/mol. The Balaban J connectivity index is 0.000000647. The molecule has 9 nitrogen and oxygen atoms in total. The first-order valence-electron chi connectivity index (χ1n) is 7.52. The first-order valence-corrected chi connectivity index (χ1v) is 8.33. The van der Waals surface area contributed by atoms with Gasteiger partial charge < -0.3 is 30.7 Å². The van der Waals surface area contributed by atoms with Gasteiger partial charge in [-0.25, -0.2) is 4.98 Å². The van der Waals surface area contributed by atoms with Crippen LogP contribution < -0.4 is 5.73 Å². The van der Waals surface area contributed by atoms with Gasteiger partial charge in [-0.1, -0.05) is 11.3 Å². The van der Waals surface area contributed by atoms with E-state index in [1.54, 1.807) is 4.90 Å². The summed E-state index contributed by atoms with van der Waals surface area (Å²) in [7, 11) is 0. The SMILES string of the molecule is Nc1ncc(C(=O)N2CCC3(CC2)OCC[C@H](O)[C@@H]3O)s1.O=CO. The molecule has 3 heterocycles. The van der Waals surface area contributed by atoms with Crippen molar-refractivity contribution in [3.8, 4) is 0 Å². The zero-order valence-corrected chi connectivity index (χ0v) is 13.8. The highest BCUT2D eigenvalue weighted by atomic mass is 32.1. The average Bonchev–Trinajstić information content (AvgIpc) is 3.00. The van der Waals surface area contributed by atoms with Gasteiger partial charge in [0.05, 0.1) is 24.5 Å². The quantitative estimate of drug-likeness (QED) is 0.493. The van der Waals surface area contributed by atoms with Crippen molar-refractivity contribution in [2.45, 2.75) is 37.1 Å². The molecule has 1 aromatic rings. The summed E-state index contributed by atoms with van der Waals surface area (Å²) in [5.74, 6) is -0.0927. The Hall–Kier alpha value is -1.75. The number of nitrogen functional groups attached to an aromatic ring is 1. The maximum atomic E-state index is 12.3. The number of ether oxygens (including phenoxy) is 1. The Morgan fingerprint density at radius 1 is 1.46 bits per heavy atom. The number of rotatable bonds is 1. The largest absolute Gasteiger partial charge is 0.483 e. The molecule has 2 atom stereocenters. The van der Waals surface area contributed by atoms with E-state index in [-0.39, 0.29) is 12.4 Å². The molecule has 0 unspecified atom stereocenters. The summed E-state index contributed by atoms with van der Waals surface area (Å²) in [6, 6.07) is 0. The van der Waals surface area contributed by atoms with Crippen LogP contribution in [0, 0.1) is 0 Å². The summed E-state index contributed by atoms with van der Waals surface area (Å²) in [6.45, 7) is 1.17. The summed E-state index contributed by atoms with van der Waals surface area (Å²) in [6.07, 6.45) is 1.34. The van der Waals surface area contributed by atoms with Gasteiger partial charge in [-0.05, 0) is 19.3 Å². The molecule has 0 radical (unpaired) electrons. The maximum Gasteiger partial charge on any atom is 0.290 e. The van der Waals surface area contributed by atoms with Gasteiger partial charge in [-0.15, -0.1) is 0 Å². The lowest BCUT2D eigenvalue weighted by molar-refractivity contribution is -0.212. The molecule has 134 valence electrons. The molecule has 1 amide bonds. The van der Waals surface area contributed by atoms with E-state index < -0.39 is 17.8 Å². The summed E-state index contributed by atoms with van der Waals surface area (Å²) < 4.78 is 5.75. The molecule has 1 spiro atoms. The van der Waals surface area contributed by atoms with Crippen LogP contribution >= 0.6 is 11.3 Å². The number of aromatic nitrogens is 1. The average molecular weight is 359 g/mol. The molecule has 10 heteroatoms. The number of aliphatic hydroxyl groups excluding tert-OH is 2. The van der Waals surface area contributed by atoms with Crippen molar-refractivity contribution in [2.24, 2.45) is 0 Å². The number of likely N-dealkylation sites (tertiary alicyclic amines) is 1. The van der Waals surface area contributed by atoms with Crippen molar-refractivity contribution < 1.29 is 29.6 Å². The van der Waals surface area contributed by atoms with Crippen LogP contribution in [0.2, 0.25) is 0 Å². The van der Waals surface area contributed by atoms with E-state index in [0.717, 1.165) is 0 Å². The first kappa shape index (κ1) is 18.6. The van der Waals surface area contributed by atoms with Crippen LogP contribution in [0.1, 0.15) is 28.9 Å². The molecule has 0 bridgehead atoms. The van der Waals surface area contributed by atoms with Crippen molar-refractivity contribution in [2.75, 3.05) is 25.4 Å². The van der Waals surface area contributed by atoms with Gasteiger partial charge in [0, 0.05) is 13.1 Å². The number of carboxylic acid groups (broad SMARTS) is 1. The Morgan fingerprint density at radius 3 is 2.62 bits per heavy atom. The molecule has 0 aromatic carbocycles. The Bertz CT molecular complexity index is 573. The van der Waals surface area contributed by atoms with Gasteiger partial charge in [0.1, 0.15) is 11.0 Å². The number of hydrogen-bond acceptors (Lipinski definition) is 8. The number of thiazole rings is 1. The van der Waals surface area contributed by atoms with E-state index in [9.17, 15) is 15.0 Å². The highest BCUT2D eigenvalue weighted by Gasteiger charge is 2.48. The van der Waals surface area contributed by atoms with E-state index in [4.69, 9.17) is 20.4 Å². The van der Waals surface area contributed by atoms with Crippen LogP contribution in [-0.4, -0.2) is 75.1 Å². The number of piperidine rings is 1. The molecule has 2 aliphatic heterocycles. The molecular formula is C14H21N3O6S. The standard InChI is InChI=1S/C13H19N3O4S.CH2O2/c14-12-15-7-9(21-12)11(19)16-4-2-13(3-5-16)10(18)8(17)1-6-20-13;2-1-3/h7-8,10,17-18H,1-6H2,(H2,14,15);1H,(H,2,3)/t8-,10-;/m0./s1. The number of nitrogens with zero attached hydrogens (tertiary/aromatic N) is 2. The second kappa shape index (κ2) is 7.88. The van der Waals surface area contributed by atoms with Gasteiger partial charge in [-0.2, -0.15) is 0 Å². The molecule has 2 fully saturated rings. The van der Waals surface area contributed by atoms with Gasteiger partial charge >= 0.3 is 0 Å². The minimum atomic E-state index is -0.887. The molecule has 2 aliphatic rings. The van der Waals surface area contributed by atoms with E-state index in [2.05, 4.69) is 4.98 Å². The number of amides is 1. The number of nitrogens with two attached hydrogens (primary N) is 1. The molecule has 1 aromatic heterocycles. The second-order valence-electron chi connectivity index (χ2n) is 5.67. The third-order valence-corrected chi connectivity index (χ3v) is 5.15. The highest BCUT2D eigenvalue weighted by Crippen LogP contribution is 2.36. The molecule has 0 aliphatic carbocycles. The van der Waals surface area contributed by atoms with Crippen LogP contribution in [0.3, 0.4) is 0 Å². The predicted octanol–water partition coefficient (Wildman–Crippen LogP) is -0.457. The van der Waals surface area contributed by atoms with Crippen molar-refractivity contribution in [3.05, 3.63) is 11.1 Å². The fourth-order valence-corrected chi connectivity index (χ4v) is 3.70. The number of carbonyl (C=O) groups excluding carboxylic acids is 1. The minimum Gasteiger partial charge on any atom is -0.483 e. The van der Waals surface area contributed by atoms with E-state index in [1.807, 2.05) is 0 Å². The van der Waals surface area contributed by atoms with Gasteiger partial charge in [0.15, 0.2) is 5.13 Å². The smallest absolute Gasteiger partial charge is 0.290 e.